The van der Waals surface area contributed by atoms with Crippen LogP contribution >= 0.6 is 0 Å². The molecule has 0 bridgehead atoms. The maximum absolute atomic E-state index is 5.60. The molecule has 5 aromatic rings. The van der Waals surface area contributed by atoms with E-state index in [-0.39, 0.29) is 0 Å². The van der Waals surface area contributed by atoms with Crippen LogP contribution in [-0.4, -0.2) is 91.0 Å². The smallest absolute Gasteiger partial charge is 0.160 e. The van der Waals surface area contributed by atoms with Gasteiger partial charge in [0.05, 0.1) is 25.5 Å². The SMILES string of the molecule is Cc1cc(-c2cc3nc(-n4ccc(-c5ccncc5)n4)cc(N4CCOCC4)n3n2)nn1CCN(C)C. The fourth-order valence-corrected chi connectivity index (χ4v) is 4.49. The lowest BCUT2D eigenvalue weighted by atomic mass is 10.2. The number of morpholine rings is 1. The highest BCUT2D eigenvalue weighted by molar-refractivity contribution is 5.65. The third-order valence-electron chi connectivity index (χ3n) is 6.53. The molecule has 11 heteroatoms. The Morgan fingerprint density at radius 2 is 1.70 bits per heavy atom. The van der Waals surface area contributed by atoms with Crippen molar-refractivity contribution >= 4 is 11.5 Å². The molecule has 6 heterocycles. The van der Waals surface area contributed by atoms with Gasteiger partial charge in [-0.15, -0.1) is 0 Å². The molecule has 0 N–H and O–H groups in total. The molecule has 37 heavy (non-hydrogen) atoms. The summed E-state index contributed by atoms with van der Waals surface area (Å²) in [6, 6.07) is 12.0. The van der Waals surface area contributed by atoms with Gasteiger partial charge < -0.3 is 14.5 Å². The van der Waals surface area contributed by atoms with Crippen LogP contribution in [0.1, 0.15) is 5.69 Å². The van der Waals surface area contributed by atoms with Crippen LogP contribution < -0.4 is 4.90 Å². The van der Waals surface area contributed by atoms with Crippen LogP contribution in [0.2, 0.25) is 0 Å². The molecule has 0 radical (unpaired) electrons. The molecule has 1 aliphatic heterocycles. The molecule has 0 spiro atoms. The van der Waals surface area contributed by atoms with Gasteiger partial charge in [-0.3, -0.25) is 9.67 Å². The molecule has 0 saturated carbocycles. The Labute approximate surface area is 214 Å². The van der Waals surface area contributed by atoms with Gasteiger partial charge in [-0.05, 0) is 45.3 Å². The summed E-state index contributed by atoms with van der Waals surface area (Å²) in [4.78, 5) is 13.5. The van der Waals surface area contributed by atoms with Crippen LogP contribution in [-0.2, 0) is 11.3 Å². The second kappa shape index (κ2) is 9.75. The van der Waals surface area contributed by atoms with E-state index in [1.54, 1.807) is 12.4 Å². The van der Waals surface area contributed by atoms with E-state index in [4.69, 9.17) is 25.0 Å². The minimum Gasteiger partial charge on any atom is -0.378 e. The topological polar surface area (TPSA) is 94.4 Å². The fraction of sp³-hybridized carbons (Fsp3) is 0.346. The lowest BCUT2D eigenvalue weighted by Gasteiger charge is -2.29. The van der Waals surface area contributed by atoms with E-state index >= 15 is 0 Å². The van der Waals surface area contributed by atoms with Crippen molar-refractivity contribution in [3.8, 4) is 28.5 Å². The maximum atomic E-state index is 5.60. The monoisotopic (exact) mass is 498 g/mol. The number of aromatic nitrogens is 8. The molecule has 6 rings (SSSR count). The van der Waals surface area contributed by atoms with Crippen LogP contribution in [0.3, 0.4) is 0 Å². The summed E-state index contributed by atoms with van der Waals surface area (Å²) in [5.74, 6) is 1.69. The summed E-state index contributed by atoms with van der Waals surface area (Å²) in [5.41, 5.74) is 5.37. The van der Waals surface area contributed by atoms with Crippen molar-refractivity contribution in [3.05, 3.63) is 60.7 Å². The summed E-state index contributed by atoms with van der Waals surface area (Å²) in [6.07, 6.45) is 5.48. The first kappa shape index (κ1) is 23.3. The van der Waals surface area contributed by atoms with Gasteiger partial charge in [-0.1, -0.05) is 0 Å². The molecular formula is C26H30N10O. The largest absolute Gasteiger partial charge is 0.378 e. The van der Waals surface area contributed by atoms with E-state index in [2.05, 4.69) is 41.9 Å². The maximum Gasteiger partial charge on any atom is 0.160 e. The molecule has 190 valence electrons. The Kier molecular flexibility index (Phi) is 6.15. The summed E-state index contributed by atoms with van der Waals surface area (Å²) in [6.45, 7) is 6.75. The normalized spacial score (nSPS) is 14.2. The van der Waals surface area contributed by atoms with Gasteiger partial charge in [-0.25, -0.2) is 9.67 Å². The third kappa shape index (κ3) is 4.70. The first-order valence-corrected chi connectivity index (χ1v) is 12.4. The summed E-state index contributed by atoms with van der Waals surface area (Å²) in [7, 11) is 4.13. The summed E-state index contributed by atoms with van der Waals surface area (Å²) < 4.78 is 11.4. The quantitative estimate of drug-likeness (QED) is 0.338. The molecule has 0 aromatic carbocycles. The summed E-state index contributed by atoms with van der Waals surface area (Å²) in [5, 5.41) is 14.6. The highest BCUT2D eigenvalue weighted by Crippen LogP contribution is 2.26. The van der Waals surface area contributed by atoms with E-state index in [9.17, 15) is 0 Å². The lowest BCUT2D eigenvalue weighted by molar-refractivity contribution is 0.122. The number of likely N-dealkylation sites (N-methyl/N-ethyl adjacent to an activating group) is 1. The molecule has 0 amide bonds. The summed E-state index contributed by atoms with van der Waals surface area (Å²) >= 11 is 0. The van der Waals surface area contributed by atoms with Gasteiger partial charge in [0.25, 0.3) is 0 Å². The Morgan fingerprint density at radius 1 is 0.919 bits per heavy atom. The molecule has 0 atom stereocenters. The minimum absolute atomic E-state index is 0.677. The second-order valence-corrected chi connectivity index (χ2v) is 9.45. The van der Waals surface area contributed by atoms with Crippen LogP contribution in [0.15, 0.2) is 55.0 Å². The van der Waals surface area contributed by atoms with Crippen molar-refractivity contribution in [1.82, 2.24) is 44.0 Å². The number of nitrogens with zero attached hydrogens (tertiary/aromatic N) is 10. The van der Waals surface area contributed by atoms with Crippen molar-refractivity contribution in [1.29, 1.82) is 0 Å². The van der Waals surface area contributed by atoms with E-state index in [0.717, 1.165) is 71.8 Å². The Balaban J connectivity index is 1.41. The average Bonchev–Trinajstić information content (AvgIpc) is 3.66. The number of fused-ring (bicyclic) bond motifs is 1. The van der Waals surface area contributed by atoms with Crippen LogP contribution in [0, 0.1) is 6.92 Å². The zero-order chi connectivity index (χ0) is 25.4. The Bertz CT molecular complexity index is 1510. The molecular weight excluding hydrogens is 468 g/mol. The number of rotatable bonds is 7. The average molecular weight is 499 g/mol. The number of anilines is 1. The van der Waals surface area contributed by atoms with Gasteiger partial charge >= 0.3 is 0 Å². The predicted octanol–water partition coefficient (Wildman–Crippen LogP) is 2.55. The number of hydrogen-bond donors (Lipinski definition) is 0. The highest BCUT2D eigenvalue weighted by Gasteiger charge is 2.20. The third-order valence-corrected chi connectivity index (χ3v) is 6.53. The predicted molar refractivity (Wildman–Crippen MR) is 141 cm³/mol. The van der Waals surface area contributed by atoms with Gasteiger partial charge in [-0.2, -0.15) is 19.8 Å². The zero-order valence-electron chi connectivity index (χ0n) is 21.3. The molecule has 1 aliphatic rings. The van der Waals surface area contributed by atoms with Crippen molar-refractivity contribution in [3.63, 3.8) is 0 Å². The molecule has 5 aromatic heterocycles. The highest BCUT2D eigenvalue weighted by atomic mass is 16.5. The van der Waals surface area contributed by atoms with Gasteiger partial charge in [0.15, 0.2) is 11.5 Å². The molecule has 1 saturated heterocycles. The number of ether oxygens (including phenoxy) is 1. The van der Waals surface area contributed by atoms with E-state index in [1.807, 2.05) is 50.4 Å². The fourth-order valence-electron chi connectivity index (χ4n) is 4.49. The van der Waals surface area contributed by atoms with E-state index in [1.165, 1.54) is 0 Å². The number of pyridine rings is 1. The zero-order valence-corrected chi connectivity index (χ0v) is 21.3. The van der Waals surface area contributed by atoms with Gasteiger partial charge in [0, 0.05) is 61.6 Å². The Hall–Kier alpha value is -4.09. The van der Waals surface area contributed by atoms with Crippen molar-refractivity contribution in [2.75, 3.05) is 51.8 Å². The molecule has 1 fully saturated rings. The molecule has 11 nitrogen and oxygen atoms in total. The Morgan fingerprint density at radius 3 is 2.49 bits per heavy atom. The number of hydrogen-bond acceptors (Lipinski definition) is 8. The first-order chi connectivity index (χ1) is 18.0. The van der Waals surface area contributed by atoms with Crippen LogP contribution in [0.4, 0.5) is 5.82 Å². The van der Waals surface area contributed by atoms with Crippen molar-refractivity contribution in [2.45, 2.75) is 13.5 Å². The first-order valence-electron chi connectivity index (χ1n) is 12.4. The van der Waals surface area contributed by atoms with Crippen LogP contribution in [0.25, 0.3) is 34.1 Å². The minimum atomic E-state index is 0.677. The lowest BCUT2D eigenvalue weighted by Crippen LogP contribution is -2.37. The van der Waals surface area contributed by atoms with Crippen LogP contribution in [0.5, 0.6) is 0 Å². The van der Waals surface area contributed by atoms with Crippen molar-refractivity contribution < 1.29 is 4.74 Å². The van der Waals surface area contributed by atoms with Crippen molar-refractivity contribution in [2.24, 2.45) is 0 Å². The van der Waals surface area contributed by atoms with Gasteiger partial charge in [0.2, 0.25) is 0 Å². The van der Waals surface area contributed by atoms with E-state index < -0.39 is 0 Å². The molecule has 0 unspecified atom stereocenters. The second-order valence-electron chi connectivity index (χ2n) is 9.45. The van der Waals surface area contributed by atoms with Gasteiger partial charge in [0.1, 0.15) is 17.2 Å². The van der Waals surface area contributed by atoms with E-state index in [0.29, 0.717) is 13.2 Å². The molecule has 0 aliphatic carbocycles. The standard InChI is InChI=1S/C26H30N10O/c1-19-16-22(30-34(19)11-10-32(2)3)23-17-25-28-24(18-26(36(25)31-23)33-12-14-37-15-13-33)35-9-6-21(29-35)20-4-7-27-8-5-20/h4-9,16-18H,10-15H2,1-3H3. The number of aryl methyl sites for hydroxylation is 1.